The zero-order valence-corrected chi connectivity index (χ0v) is 17.8. The van der Waals surface area contributed by atoms with Crippen LogP contribution in [0.15, 0.2) is 60.7 Å². The van der Waals surface area contributed by atoms with Gasteiger partial charge in [-0.25, -0.2) is 4.79 Å². The van der Waals surface area contributed by atoms with Gasteiger partial charge in [0.05, 0.1) is 0 Å². The molecule has 0 aliphatic carbocycles. The summed E-state index contributed by atoms with van der Waals surface area (Å²) in [6, 6.07) is 18.4. The topological polar surface area (TPSA) is 69.7 Å². The number of urea groups is 1. The van der Waals surface area contributed by atoms with E-state index in [1.165, 1.54) is 6.42 Å². The Hall–Kier alpha value is -3.15. The van der Waals surface area contributed by atoms with E-state index in [2.05, 4.69) is 5.32 Å². The smallest absolute Gasteiger partial charge is 0.325 e. The van der Waals surface area contributed by atoms with E-state index in [0.29, 0.717) is 19.5 Å². The molecule has 0 saturated carbocycles. The normalized spacial score (nSPS) is 22.1. The van der Waals surface area contributed by atoms with E-state index in [1.54, 1.807) is 4.90 Å². The number of nitrogens with one attached hydrogen (secondary N) is 1. The molecule has 2 aliphatic rings. The van der Waals surface area contributed by atoms with Crippen molar-refractivity contribution in [3.8, 4) is 0 Å². The zero-order valence-electron chi connectivity index (χ0n) is 17.8. The van der Waals surface area contributed by atoms with Gasteiger partial charge < -0.3 is 10.2 Å². The molecule has 162 valence electrons. The number of rotatable bonds is 5. The SMILES string of the molecule is O=C(CN1C(=O)N[C@](Cc2ccccc2)(c2ccccc2)C1=O)N1CCCCCCC1. The maximum absolute atomic E-state index is 13.7. The van der Waals surface area contributed by atoms with Gasteiger partial charge in [0, 0.05) is 19.5 Å². The lowest BCUT2D eigenvalue weighted by atomic mass is 9.83. The summed E-state index contributed by atoms with van der Waals surface area (Å²) in [6.07, 6.45) is 5.69. The first-order valence-electron chi connectivity index (χ1n) is 11.1. The van der Waals surface area contributed by atoms with Gasteiger partial charge in [-0.15, -0.1) is 0 Å². The number of imide groups is 1. The monoisotopic (exact) mass is 419 g/mol. The molecule has 31 heavy (non-hydrogen) atoms. The van der Waals surface area contributed by atoms with Gasteiger partial charge in [-0.05, 0) is 24.0 Å². The summed E-state index contributed by atoms with van der Waals surface area (Å²) >= 11 is 0. The van der Waals surface area contributed by atoms with E-state index in [-0.39, 0.29) is 18.4 Å². The molecule has 1 atom stereocenters. The Morgan fingerprint density at radius 2 is 1.42 bits per heavy atom. The van der Waals surface area contributed by atoms with Crippen molar-refractivity contribution in [3.63, 3.8) is 0 Å². The van der Waals surface area contributed by atoms with E-state index in [4.69, 9.17) is 0 Å². The van der Waals surface area contributed by atoms with Crippen LogP contribution in [-0.4, -0.2) is 47.3 Å². The van der Waals surface area contributed by atoms with Gasteiger partial charge >= 0.3 is 6.03 Å². The fourth-order valence-corrected chi connectivity index (χ4v) is 4.54. The molecule has 2 saturated heterocycles. The highest BCUT2D eigenvalue weighted by Crippen LogP contribution is 2.33. The van der Waals surface area contributed by atoms with Crippen molar-refractivity contribution in [1.82, 2.24) is 15.1 Å². The van der Waals surface area contributed by atoms with Gasteiger partial charge in [-0.2, -0.15) is 0 Å². The third-order valence-electron chi connectivity index (χ3n) is 6.26. The number of amides is 4. The van der Waals surface area contributed by atoms with Crippen LogP contribution in [0.2, 0.25) is 0 Å². The van der Waals surface area contributed by atoms with Crippen LogP contribution in [0, 0.1) is 0 Å². The molecule has 2 fully saturated rings. The summed E-state index contributed by atoms with van der Waals surface area (Å²) in [5.41, 5.74) is 0.450. The number of likely N-dealkylation sites (tertiary alicyclic amines) is 1. The minimum absolute atomic E-state index is 0.158. The maximum atomic E-state index is 13.7. The Balaban J connectivity index is 1.59. The van der Waals surface area contributed by atoms with Crippen molar-refractivity contribution >= 4 is 17.8 Å². The number of carbonyl (C=O) groups excluding carboxylic acids is 3. The van der Waals surface area contributed by atoms with Crippen molar-refractivity contribution in [2.24, 2.45) is 0 Å². The molecule has 2 aromatic rings. The minimum atomic E-state index is -1.21. The van der Waals surface area contributed by atoms with Crippen LogP contribution in [0.3, 0.4) is 0 Å². The van der Waals surface area contributed by atoms with E-state index in [0.717, 1.165) is 41.7 Å². The first-order valence-corrected chi connectivity index (χ1v) is 11.1. The Morgan fingerprint density at radius 3 is 2.06 bits per heavy atom. The predicted molar refractivity (Wildman–Crippen MR) is 118 cm³/mol. The summed E-state index contributed by atoms with van der Waals surface area (Å²) in [4.78, 5) is 42.5. The molecule has 6 heteroatoms. The summed E-state index contributed by atoms with van der Waals surface area (Å²) in [5, 5.41) is 2.93. The summed E-state index contributed by atoms with van der Waals surface area (Å²) < 4.78 is 0. The highest BCUT2D eigenvalue weighted by atomic mass is 16.2. The average molecular weight is 420 g/mol. The Morgan fingerprint density at radius 1 is 0.839 bits per heavy atom. The second-order valence-corrected chi connectivity index (χ2v) is 8.40. The summed E-state index contributed by atoms with van der Waals surface area (Å²) in [6.45, 7) is 1.17. The molecule has 4 rings (SSSR count). The lowest BCUT2D eigenvalue weighted by Crippen LogP contribution is -2.47. The molecule has 0 aromatic heterocycles. The summed E-state index contributed by atoms with van der Waals surface area (Å²) in [5.74, 6) is -0.526. The summed E-state index contributed by atoms with van der Waals surface area (Å²) in [7, 11) is 0. The number of nitrogens with zero attached hydrogens (tertiary/aromatic N) is 2. The lowest BCUT2D eigenvalue weighted by molar-refractivity contribution is -0.139. The average Bonchev–Trinajstić information content (AvgIpc) is 3.00. The molecular formula is C25H29N3O3. The molecule has 0 radical (unpaired) electrons. The molecule has 1 N–H and O–H groups in total. The molecule has 2 aliphatic heterocycles. The predicted octanol–water partition coefficient (Wildman–Crippen LogP) is 3.47. The van der Waals surface area contributed by atoms with Gasteiger partial charge in [0.25, 0.3) is 5.91 Å². The second kappa shape index (κ2) is 9.33. The van der Waals surface area contributed by atoms with E-state index in [1.807, 2.05) is 60.7 Å². The van der Waals surface area contributed by atoms with Gasteiger partial charge in [-0.1, -0.05) is 79.9 Å². The minimum Gasteiger partial charge on any atom is -0.341 e. The number of benzene rings is 2. The Labute approximate surface area is 183 Å². The highest BCUT2D eigenvalue weighted by Gasteiger charge is 2.52. The van der Waals surface area contributed by atoms with Crippen LogP contribution < -0.4 is 5.32 Å². The fourth-order valence-electron chi connectivity index (χ4n) is 4.54. The fraction of sp³-hybridized carbons (Fsp3) is 0.400. The van der Waals surface area contributed by atoms with Crippen molar-refractivity contribution in [2.75, 3.05) is 19.6 Å². The molecule has 6 nitrogen and oxygen atoms in total. The standard InChI is InChI=1S/C25H29N3O3/c29-22(27-16-10-2-1-3-11-17-27)19-28-23(30)25(26-24(28)31,21-14-8-5-9-15-21)18-20-12-6-4-7-13-20/h4-9,12-15H,1-3,10-11,16-19H2,(H,26,31)/t25-/m1/s1. The van der Waals surface area contributed by atoms with Crippen molar-refractivity contribution in [3.05, 3.63) is 71.8 Å². The maximum Gasteiger partial charge on any atom is 0.325 e. The first-order chi connectivity index (χ1) is 15.1. The molecule has 0 spiro atoms. The number of hydrogen-bond donors (Lipinski definition) is 1. The highest BCUT2D eigenvalue weighted by molar-refractivity contribution is 6.09. The van der Waals surface area contributed by atoms with Crippen molar-refractivity contribution < 1.29 is 14.4 Å². The molecule has 4 amide bonds. The van der Waals surface area contributed by atoms with Gasteiger partial charge in [0.2, 0.25) is 5.91 Å². The van der Waals surface area contributed by atoms with Gasteiger partial charge in [0.15, 0.2) is 5.54 Å². The van der Waals surface area contributed by atoms with Gasteiger partial charge in [0.1, 0.15) is 6.54 Å². The number of hydrogen-bond acceptors (Lipinski definition) is 3. The molecule has 2 aromatic carbocycles. The second-order valence-electron chi connectivity index (χ2n) is 8.40. The number of carbonyl (C=O) groups is 3. The van der Waals surface area contributed by atoms with E-state index in [9.17, 15) is 14.4 Å². The van der Waals surface area contributed by atoms with Gasteiger partial charge in [-0.3, -0.25) is 14.5 Å². The van der Waals surface area contributed by atoms with Crippen LogP contribution in [0.25, 0.3) is 0 Å². The largest absolute Gasteiger partial charge is 0.341 e. The van der Waals surface area contributed by atoms with Crippen LogP contribution in [0.4, 0.5) is 4.79 Å². The molecular weight excluding hydrogens is 390 g/mol. The van der Waals surface area contributed by atoms with Crippen LogP contribution >= 0.6 is 0 Å². The van der Waals surface area contributed by atoms with Crippen molar-refractivity contribution in [2.45, 2.75) is 44.1 Å². The van der Waals surface area contributed by atoms with E-state index < -0.39 is 11.6 Å². The lowest BCUT2D eigenvalue weighted by Gasteiger charge is -2.28. The van der Waals surface area contributed by atoms with Crippen LogP contribution in [0.1, 0.15) is 43.2 Å². The Bertz CT molecular complexity index is 924. The molecule has 2 heterocycles. The molecule has 0 bridgehead atoms. The molecule has 0 unspecified atom stereocenters. The third-order valence-corrected chi connectivity index (χ3v) is 6.26. The van der Waals surface area contributed by atoms with Crippen molar-refractivity contribution in [1.29, 1.82) is 0 Å². The Kier molecular flexibility index (Phi) is 6.35. The quantitative estimate of drug-likeness (QED) is 0.755. The van der Waals surface area contributed by atoms with Crippen LogP contribution in [0.5, 0.6) is 0 Å². The third kappa shape index (κ3) is 4.48. The van der Waals surface area contributed by atoms with Crippen LogP contribution in [-0.2, 0) is 21.5 Å². The van der Waals surface area contributed by atoms with E-state index >= 15 is 0 Å². The zero-order chi connectivity index (χ0) is 21.7. The first kappa shape index (κ1) is 21.1.